The summed E-state index contributed by atoms with van der Waals surface area (Å²) >= 11 is 0. The van der Waals surface area contributed by atoms with Crippen LogP contribution >= 0.6 is 0 Å². The third-order valence-electron chi connectivity index (χ3n) is 2.65. The van der Waals surface area contributed by atoms with E-state index >= 15 is 0 Å². The summed E-state index contributed by atoms with van der Waals surface area (Å²) in [6, 6.07) is 12.7. The second kappa shape index (κ2) is 5.10. The second-order valence-corrected chi connectivity index (χ2v) is 3.84. The highest BCUT2D eigenvalue weighted by Gasteiger charge is 2.01. The molecule has 2 heteroatoms. The molecule has 0 aliphatic rings. The molecule has 84 valence electrons. The van der Waals surface area contributed by atoms with E-state index < -0.39 is 0 Å². The van der Waals surface area contributed by atoms with E-state index in [9.17, 15) is 0 Å². The van der Waals surface area contributed by atoms with E-state index in [1.165, 1.54) is 21.9 Å². The normalized spacial score (nSPS) is 10.9. The molecule has 2 aromatic carbocycles. The van der Waals surface area contributed by atoms with Gasteiger partial charge in [0, 0.05) is 14.2 Å². The van der Waals surface area contributed by atoms with Crippen molar-refractivity contribution in [1.29, 1.82) is 0 Å². The maximum Gasteiger partial charge on any atom is 0.0719 e. The maximum absolute atomic E-state index is 5.20. The van der Waals surface area contributed by atoms with E-state index in [0.29, 0.717) is 13.2 Å². The van der Waals surface area contributed by atoms with Crippen LogP contribution in [0, 0.1) is 0 Å². The fourth-order valence-electron chi connectivity index (χ4n) is 1.92. The Morgan fingerprint density at radius 2 is 1.75 bits per heavy atom. The molecule has 2 rings (SSSR count). The van der Waals surface area contributed by atoms with Gasteiger partial charge in [-0.2, -0.15) is 0 Å². The number of ether oxygens (including phenoxy) is 2. The lowest BCUT2D eigenvalue weighted by molar-refractivity contribution is 0.184. The zero-order valence-electron chi connectivity index (χ0n) is 9.69. The van der Waals surface area contributed by atoms with Gasteiger partial charge in [-0.3, -0.25) is 0 Å². The van der Waals surface area contributed by atoms with Crippen LogP contribution in [0.15, 0.2) is 36.4 Å². The number of fused-ring (bicyclic) bond motifs is 1. The highest BCUT2D eigenvalue weighted by Crippen LogP contribution is 2.21. The Morgan fingerprint density at radius 3 is 2.50 bits per heavy atom. The van der Waals surface area contributed by atoms with E-state index in [-0.39, 0.29) is 0 Å². The molecular formula is C14H16O2. The largest absolute Gasteiger partial charge is 0.380 e. The molecule has 0 spiro atoms. The van der Waals surface area contributed by atoms with Crippen molar-refractivity contribution in [3.63, 3.8) is 0 Å². The van der Waals surface area contributed by atoms with Gasteiger partial charge < -0.3 is 9.47 Å². The molecule has 0 aliphatic heterocycles. The Kier molecular flexibility index (Phi) is 3.54. The number of rotatable bonds is 4. The van der Waals surface area contributed by atoms with Crippen molar-refractivity contribution in [1.82, 2.24) is 0 Å². The monoisotopic (exact) mass is 216 g/mol. The highest BCUT2D eigenvalue weighted by molar-refractivity contribution is 5.86. The SMILES string of the molecule is COCc1ccc2cccc(COC)c2c1. The first kappa shape index (κ1) is 11.1. The van der Waals surface area contributed by atoms with Gasteiger partial charge in [0.15, 0.2) is 0 Å². The molecule has 0 aromatic heterocycles. The summed E-state index contributed by atoms with van der Waals surface area (Å²) < 4.78 is 10.3. The summed E-state index contributed by atoms with van der Waals surface area (Å²) in [6.45, 7) is 1.30. The van der Waals surface area contributed by atoms with Gasteiger partial charge in [0.1, 0.15) is 0 Å². The predicted molar refractivity (Wildman–Crippen MR) is 65.4 cm³/mol. The first-order chi connectivity index (χ1) is 7.85. The Labute approximate surface area is 95.8 Å². The fourth-order valence-corrected chi connectivity index (χ4v) is 1.92. The molecule has 0 heterocycles. The van der Waals surface area contributed by atoms with Crippen molar-refractivity contribution in [2.24, 2.45) is 0 Å². The summed E-state index contributed by atoms with van der Waals surface area (Å²) in [6.07, 6.45) is 0. The number of methoxy groups -OCH3 is 2. The van der Waals surface area contributed by atoms with Crippen LogP contribution in [0.2, 0.25) is 0 Å². The summed E-state index contributed by atoms with van der Waals surface area (Å²) in [5, 5.41) is 2.49. The Balaban J connectivity index is 2.50. The van der Waals surface area contributed by atoms with Gasteiger partial charge in [-0.15, -0.1) is 0 Å². The van der Waals surface area contributed by atoms with Crippen LogP contribution in [0.3, 0.4) is 0 Å². The quantitative estimate of drug-likeness (QED) is 0.781. The van der Waals surface area contributed by atoms with Crippen molar-refractivity contribution < 1.29 is 9.47 Å². The van der Waals surface area contributed by atoms with Crippen LogP contribution in [0.4, 0.5) is 0 Å². The molecule has 16 heavy (non-hydrogen) atoms. The van der Waals surface area contributed by atoms with Crippen LogP contribution < -0.4 is 0 Å². The molecular weight excluding hydrogens is 200 g/mol. The van der Waals surface area contributed by atoms with Crippen LogP contribution in [-0.4, -0.2) is 14.2 Å². The number of hydrogen-bond acceptors (Lipinski definition) is 2. The van der Waals surface area contributed by atoms with E-state index in [2.05, 4.69) is 36.4 Å². The third-order valence-corrected chi connectivity index (χ3v) is 2.65. The molecule has 2 nitrogen and oxygen atoms in total. The van der Waals surface area contributed by atoms with E-state index in [1.54, 1.807) is 14.2 Å². The second-order valence-electron chi connectivity index (χ2n) is 3.84. The van der Waals surface area contributed by atoms with E-state index in [1.807, 2.05) is 0 Å². The van der Waals surface area contributed by atoms with Gasteiger partial charge in [-0.1, -0.05) is 30.3 Å². The molecule has 0 N–H and O–H groups in total. The zero-order valence-corrected chi connectivity index (χ0v) is 9.69. The van der Waals surface area contributed by atoms with Crippen molar-refractivity contribution >= 4 is 10.8 Å². The van der Waals surface area contributed by atoms with Crippen molar-refractivity contribution in [2.45, 2.75) is 13.2 Å². The summed E-state index contributed by atoms with van der Waals surface area (Å²) in [7, 11) is 3.43. The summed E-state index contributed by atoms with van der Waals surface area (Å²) in [5.74, 6) is 0. The van der Waals surface area contributed by atoms with Crippen molar-refractivity contribution in [3.8, 4) is 0 Å². The first-order valence-electron chi connectivity index (χ1n) is 5.33. The average Bonchev–Trinajstić information content (AvgIpc) is 2.31. The van der Waals surface area contributed by atoms with Gasteiger partial charge in [0.05, 0.1) is 13.2 Å². The highest BCUT2D eigenvalue weighted by atomic mass is 16.5. The van der Waals surface area contributed by atoms with E-state index in [0.717, 1.165) is 0 Å². The standard InChI is InChI=1S/C14H16O2/c1-15-9-11-6-7-12-4-3-5-13(10-16-2)14(12)8-11/h3-8H,9-10H2,1-2H3. The molecule has 0 atom stereocenters. The van der Waals surface area contributed by atoms with Crippen molar-refractivity contribution in [2.75, 3.05) is 14.2 Å². The topological polar surface area (TPSA) is 18.5 Å². The molecule has 0 amide bonds. The smallest absolute Gasteiger partial charge is 0.0719 e. The van der Waals surface area contributed by atoms with Crippen LogP contribution in [0.1, 0.15) is 11.1 Å². The lowest BCUT2D eigenvalue weighted by Gasteiger charge is -2.07. The Hall–Kier alpha value is -1.38. The minimum atomic E-state index is 0.647. The maximum atomic E-state index is 5.20. The molecule has 0 fully saturated rings. The molecule has 0 saturated carbocycles. The van der Waals surface area contributed by atoms with Gasteiger partial charge >= 0.3 is 0 Å². The van der Waals surface area contributed by atoms with Crippen LogP contribution in [0.5, 0.6) is 0 Å². The third kappa shape index (κ3) is 2.23. The number of hydrogen-bond donors (Lipinski definition) is 0. The fraction of sp³-hybridized carbons (Fsp3) is 0.286. The van der Waals surface area contributed by atoms with Gasteiger partial charge in [0.25, 0.3) is 0 Å². The molecule has 0 bridgehead atoms. The summed E-state index contributed by atoms with van der Waals surface area (Å²) in [5.41, 5.74) is 2.41. The minimum absolute atomic E-state index is 0.647. The first-order valence-corrected chi connectivity index (χ1v) is 5.33. The molecule has 2 aromatic rings. The Bertz CT molecular complexity index is 477. The van der Waals surface area contributed by atoms with Gasteiger partial charge in [-0.25, -0.2) is 0 Å². The zero-order chi connectivity index (χ0) is 11.4. The van der Waals surface area contributed by atoms with Gasteiger partial charge in [0.2, 0.25) is 0 Å². The lowest BCUT2D eigenvalue weighted by atomic mass is 10.0. The van der Waals surface area contributed by atoms with Crippen LogP contribution in [-0.2, 0) is 22.7 Å². The predicted octanol–water partition coefficient (Wildman–Crippen LogP) is 3.13. The molecule has 0 radical (unpaired) electrons. The Morgan fingerprint density at radius 1 is 0.938 bits per heavy atom. The summed E-state index contributed by atoms with van der Waals surface area (Å²) in [4.78, 5) is 0. The molecule has 0 aliphatic carbocycles. The molecule has 0 saturated heterocycles. The minimum Gasteiger partial charge on any atom is -0.380 e. The van der Waals surface area contributed by atoms with Crippen molar-refractivity contribution in [3.05, 3.63) is 47.5 Å². The van der Waals surface area contributed by atoms with Crippen LogP contribution in [0.25, 0.3) is 10.8 Å². The van der Waals surface area contributed by atoms with Gasteiger partial charge in [-0.05, 0) is 28.0 Å². The molecule has 0 unspecified atom stereocenters. The number of benzene rings is 2. The average molecular weight is 216 g/mol. The lowest BCUT2D eigenvalue weighted by Crippen LogP contribution is -1.92. The van der Waals surface area contributed by atoms with E-state index in [4.69, 9.17) is 9.47 Å².